The van der Waals surface area contributed by atoms with Gasteiger partial charge in [0.1, 0.15) is 48.8 Å². The minimum Gasteiger partial charge on any atom is -0.394 e. The number of aliphatic hydroxyl groups excluding tert-OH is 7. The fourth-order valence-electron chi connectivity index (χ4n) is 2.83. The minimum atomic E-state index is -1.70. The molecule has 0 aromatic heterocycles. The molecule has 0 aliphatic carbocycles. The van der Waals surface area contributed by atoms with Gasteiger partial charge in [-0.3, -0.25) is 0 Å². The topological polar surface area (TPSA) is 179 Å². The quantitative estimate of drug-likeness (QED) is 0.251. The van der Waals surface area contributed by atoms with Crippen molar-refractivity contribution in [2.45, 2.75) is 61.4 Å². The molecule has 0 spiro atoms. The van der Waals surface area contributed by atoms with Crippen LogP contribution in [0.25, 0.3) is 0 Å². The van der Waals surface area contributed by atoms with Gasteiger partial charge in [-0.05, 0) is 0 Å². The molecule has 2 fully saturated rings. The highest BCUT2D eigenvalue weighted by Crippen LogP contribution is 2.29. The Kier molecular flexibility index (Phi) is 6.87. The molecule has 11 nitrogen and oxygen atoms in total. The molecule has 0 radical (unpaired) electrons. The van der Waals surface area contributed by atoms with Crippen LogP contribution in [0.1, 0.15) is 0 Å². The van der Waals surface area contributed by atoms with Crippen LogP contribution in [-0.2, 0) is 18.9 Å². The van der Waals surface area contributed by atoms with E-state index in [9.17, 15) is 30.6 Å². The fourth-order valence-corrected chi connectivity index (χ4v) is 2.83. The number of rotatable bonds is 5. The van der Waals surface area contributed by atoms with E-state index in [2.05, 4.69) is 0 Å². The third-order valence-electron chi connectivity index (χ3n) is 4.23. The normalized spacial score (nSPS) is 50.0. The molecule has 0 amide bonds. The number of hydrogen-bond donors (Lipinski definition) is 7. The summed E-state index contributed by atoms with van der Waals surface area (Å²) in [6.45, 7) is -1.16. The second-order valence-electron chi connectivity index (χ2n) is 5.74. The van der Waals surface area contributed by atoms with Gasteiger partial charge in [0.05, 0.1) is 13.2 Å². The van der Waals surface area contributed by atoms with E-state index in [0.717, 1.165) is 0 Å². The molecule has 2 aliphatic heterocycles. The Labute approximate surface area is 137 Å². The summed E-state index contributed by atoms with van der Waals surface area (Å²) in [5, 5.41) is 67.9. The molecule has 10 atom stereocenters. The molecular weight excluding hydrogens is 332 g/mol. The van der Waals surface area contributed by atoms with Gasteiger partial charge in [-0.15, -0.1) is 0 Å². The van der Waals surface area contributed by atoms with Crippen molar-refractivity contribution in [1.29, 1.82) is 0 Å². The Hall–Kier alpha value is -0.440. The Balaban J connectivity index is 2.10. The molecule has 0 bridgehead atoms. The maximum Gasteiger partial charge on any atom is 0.187 e. The third kappa shape index (κ3) is 3.71. The standard InChI is InChI=1S/C13H24O11/c1-21-10-5(3-15)22-12(20)11(9(10)19)24-13-8(18)7(17)6(16)4(2-14)23-13/h4-20H,2-3H2,1H3/t4-,5-,6-,7+,8-,9+,10-,11-,12+,13-/m1/s1. The first-order valence-corrected chi connectivity index (χ1v) is 7.46. The summed E-state index contributed by atoms with van der Waals surface area (Å²) < 4.78 is 20.6. The Morgan fingerprint density at radius 1 is 0.750 bits per heavy atom. The van der Waals surface area contributed by atoms with Gasteiger partial charge in [0.2, 0.25) is 0 Å². The van der Waals surface area contributed by atoms with E-state index in [0.29, 0.717) is 0 Å². The average Bonchev–Trinajstić information content (AvgIpc) is 2.57. The lowest BCUT2D eigenvalue weighted by Gasteiger charge is -2.45. The minimum absolute atomic E-state index is 0.514. The summed E-state index contributed by atoms with van der Waals surface area (Å²) in [5.41, 5.74) is 0. The molecule has 2 heterocycles. The van der Waals surface area contributed by atoms with Crippen molar-refractivity contribution in [2.24, 2.45) is 0 Å². The zero-order valence-electron chi connectivity index (χ0n) is 13.0. The van der Waals surface area contributed by atoms with Crippen LogP contribution in [-0.4, -0.2) is 117 Å². The summed E-state index contributed by atoms with van der Waals surface area (Å²) in [6.07, 6.45) is -14.2. The summed E-state index contributed by atoms with van der Waals surface area (Å²) in [4.78, 5) is 0. The number of hydrogen-bond acceptors (Lipinski definition) is 11. The van der Waals surface area contributed by atoms with Crippen LogP contribution in [0.4, 0.5) is 0 Å². The van der Waals surface area contributed by atoms with Gasteiger partial charge < -0.3 is 54.7 Å². The number of methoxy groups -OCH3 is 1. The first kappa shape index (κ1) is 19.9. The fraction of sp³-hybridized carbons (Fsp3) is 1.00. The molecule has 2 rings (SSSR count). The summed E-state index contributed by atoms with van der Waals surface area (Å²) in [6, 6.07) is 0. The van der Waals surface area contributed by atoms with Gasteiger partial charge in [-0.2, -0.15) is 0 Å². The monoisotopic (exact) mass is 356 g/mol. The van der Waals surface area contributed by atoms with Crippen LogP contribution in [0.15, 0.2) is 0 Å². The van der Waals surface area contributed by atoms with E-state index in [-0.39, 0.29) is 0 Å². The first-order chi connectivity index (χ1) is 11.3. The maximum absolute atomic E-state index is 10.3. The predicted octanol–water partition coefficient (Wildman–Crippen LogP) is -4.74. The zero-order valence-corrected chi connectivity index (χ0v) is 13.0. The number of ether oxygens (including phenoxy) is 4. The van der Waals surface area contributed by atoms with Crippen LogP contribution < -0.4 is 0 Å². The van der Waals surface area contributed by atoms with Crippen LogP contribution >= 0.6 is 0 Å². The highest BCUT2D eigenvalue weighted by Gasteiger charge is 2.50. The molecule has 0 aromatic carbocycles. The average molecular weight is 356 g/mol. The molecule has 2 saturated heterocycles. The molecule has 0 aromatic rings. The smallest absolute Gasteiger partial charge is 0.187 e. The van der Waals surface area contributed by atoms with Gasteiger partial charge in [0.25, 0.3) is 0 Å². The van der Waals surface area contributed by atoms with E-state index in [4.69, 9.17) is 24.1 Å². The van der Waals surface area contributed by atoms with Gasteiger partial charge in [-0.25, -0.2) is 0 Å². The first-order valence-electron chi connectivity index (χ1n) is 7.46. The molecule has 7 N–H and O–H groups in total. The Morgan fingerprint density at radius 3 is 1.92 bits per heavy atom. The Morgan fingerprint density at radius 2 is 1.38 bits per heavy atom. The van der Waals surface area contributed by atoms with Crippen LogP contribution in [0.5, 0.6) is 0 Å². The lowest BCUT2D eigenvalue weighted by molar-refractivity contribution is -0.363. The van der Waals surface area contributed by atoms with Gasteiger partial charge in [0, 0.05) is 7.11 Å². The van der Waals surface area contributed by atoms with Crippen LogP contribution in [0.3, 0.4) is 0 Å². The van der Waals surface area contributed by atoms with E-state index < -0.39 is 74.6 Å². The molecule has 0 saturated carbocycles. The van der Waals surface area contributed by atoms with Crippen molar-refractivity contribution in [1.82, 2.24) is 0 Å². The molecular formula is C13H24O11. The predicted molar refractivity (Wildman–Crippen MR) is 73.4 cm³/mol. The molecule has 0 unspecified atom stereocenters. The van der Waals surface area contributed by atoms with Gasteiger partial charge in [-0.1, -0.05) is 0 Å². The second-order valence-corrected chi connectivity index (χ2v) is 5.74. The van der Waals surface area contributed by atoms with E-state index in [1.54, 1.807) is 0 Å². The van der Waals surface area contributed by atoms with Crippen molar-refractivity contribution in [2.75, 3.05) is 20.3 Å². The molecule has 2 aliphatic rings. The largest absolute Gasteiger partial charge is 0.394 e. The van der Waals surface area contributed by atoms with Gasteiger partial charge >= 0.3 is 0 Å². The summed E-state index contributed by atoms with van der Waals surface area (Å²) in [5.74, 6) is 0. The maximum atomic E-state index is 10.3. The van der Waals surface area contributed by atoms with E-state index in [1.165, 1.54) is 7.11 Å². The molecule has 11 heteroatoms. The van der Waals surface area contributed by atoms with Crippen molar-refractivity contribution in [3.05, 3.63) is 0 Å². The summed E-state index contributed by atoms with van der Waals surface area (Å²) >= 11 is 0. The second kappa shape index (κ2) is 8.29. The zero-order chi connectivity index (χ0) is 18.0. The summed E-state index contributed by atoms with van der Waals surface area (Å²) in [7, 11) is 1.27. The molecule has 24 heavy (non-hydrogen) atoms. The molecule has 142 valence electrons. The van der Waals surface area contributed by atoms with Crippen molar-refractivity contribution < 1.29 is 54.7 Å². The lowest BCUT2D eigenvalue weighted by Crippen LogP contribution is -2.64. The SMILES string of the molecule is CO[C@H]1[C@H](O)[C@@H](O[C@H]2O[C@H](CO)[C@@H](O)[C@H](O)[C@H]2O)[C@@H](O)O[C@@H]1CO. The van der Waals surface area contributed by atoms with Crippen molar-refractivity contribution in [3.8, 4) is 0 Å². The highest BCUT2D eigenvalue weighted by atomic mass is 16.7. The van der Waals surface area contributed by atoms with E-state index in [1.807, 2.05) is 0 Å². The highest BCUT2D eigenvalue weighted by molar-refractivity contribution is 4.93. The van der Waals surface area contributed by atoms with Crippen molar-refractivity contribution in [3.63, 3.8) is 0 Å². The third-order valence-corrected chi connectivity index (χ3v) is 4.23. The lowest BCUT2D eigenvalue weighted by atomic mass is 9.97. The van der Waals surface area contributed by atoms with E-state index >= 15 is 0 Å². The number of aliphatic hydroxyl groups is 7. The van der Waals surface area contributed by atoms with Crippen molar-refractivity contribution >= 4 is 0 Å². The van der Waals surface area contributed by atoms with Gasteiger partial charge in [0.15, 0.2) is 12.6 Å². The van der Waals surface area contributed by atoms with Crippen LogP contribution in [0.2, 0.25) is 0 Å². The Bertz CT molecular complexity index is 394. The van der Waals surface area contributed by atoms with Crippen LogP contribution in [0, 0.1) is 0 Å².